The number of rotatable bonds is 6. The Bertz CT molecular complexity index is 450. The van der Waals surface area contributed by atoms with Gasteiger partial charge in [0.15, 0.2) is 0 Å². The van der Waals surface area contributed by atoms with E-state index in [-0.39, 0.29) is 6.04 Å². The highest BCUT2D eigenvalue weighted by Crippen LogP contribution is 2.31. The van der Waals surface area contributed by atoms with E-state index in [2.05, 4.69) is 23.2 Å². The quantitative estimate of drug-likeness (QED) is 0.798. The van der Waals surface area contributed by atoms with Gasteiger partial charge in [0.25, 0.3) is 0 Å². The van der Waals surface area contributed by atoms with Crippen molar-refractivity contribution in [3.63, 3.8) is 0 Å². The number of hydrogen-bond acceptors (Lipinski definition) is 2. The van der Waals surface area contributed by atoms with Crippen LogP contribution in [0.5, 0.6) is 0 Å². The Hall–Kier alpha value is -0.280. The largest absolute Gasteiger partial charge is 0.313 e. The molecule has 1 aliphatic heterocycles. The fourth-order valence-electron chi connectivity index (χ4n) is 3.36. The predicted octanol–water partition coefficient (Wildman–Crippen LogP) is 4.91. The fraction of sp³-hybridized carbons (Fsp3) is 0.647. The summed E-state index contributed by atoms with van der Waals surface area (Å²) in [5.41, 5.74) is 1.11. The van der Waals surface area contributed by atoms with Gasteiger partial charge in [0.1, 0.15) is 0 Å². The highest BCUT2D eigenvalue weighted by atomic mass is 35.5. The molecule has 1 N–H and O–H groups in total. The second-order valence-electron chi connectivity index (χ2n) is 5.87. The summed E-state index contributed by atoms with van der Waals surface area (Å²) in [6, 6.07) is 6.91. The van der Waals surface area contributed by atoms with Gasteiger partial charge >= 0.3 is 0 Å². The second kappa shape index (κ2) is 8.38. The van der Waals surface area contributed by atoms with Crippen molar-refractivity contribution in [3.05, 3.63) is 33.8 Å². The Kier molecular flexibility index (Phi) is 6.81. The van der Waals surface area contributed by atoms with E-state index in [9.17, 15) is 0 Å². The van der Waals surface area contributed by atoms with Crippen molar-refractivity contribution in [1.29, 1.82) is 0 Å². The minimum absolute atomic E-state index is 0.260. The van der Waals surface area contributed by atoms with Gasteiger partial charge in [-0.25, -0.2) is 0 Å². The molecule has 1 heterocycles. The molecule has 0 amide bonds. The van der Waals surface area contributed by atoms with Gasteiger partial charge in [0.2, 0.25) is 0 Å². The van der Waals surface area contributed by atoms with Crippen molar-refractivity contribution in [2.24, 2.45) is 0 Å². The average Bonchev–Trinajstić information content (AvgIpc) is 2.52. The van der Waals surface area contributed by atoms with Crippen LogP contribution in [0.2, 0.25) is 10.0 Å². The number of benzene rings is 1. The number of nitrogens with one attached hydrogen (secondary N) is 1. The third-order valence-corrected chi connectivity index (χ3v) is 5.46. The topological polar surface area (TPSA) is 15.3 Å². The highest BCUT2D eigenvalue weighted by Gasteiger charge is 2.22. The lowest BCUT2D eigenvalue weighted by molar-refractivity contribution is 0.138. The lowest BCUT2D eigenvalue weighted by atomic mass is 9.98. The molecule has 2 unspecified atom stereocenters. The molecule has 4 heteroatoms. The molecule has 1 saturated heterocycles. The van der Waals surface area contributed by atoms with E-state index >= 15 is 0 Å². The molecule has 0 aliphatic carbocycles. The second-order valence-corrected chi connectivity index (χ2v) is 6.65. The smallest absolute Gasteiger partial charge is 0.0640 e. The SMILES string of the molecule is CCC1CCCCN1CCC(NC)c1cccc(Cl)c1Cl. The van der Waals surface area contributed by atoms with Crippen molar-refractivity contribution < 1.29 is 0 Å². The van der Waals surface area contributed by atoms with Crippen LogP contribution < -0.4 is 5.32 Å². The monoisotopic (exact) mass is 328 g/mol. The molecule has 0 spiro atoms. The molecule has 2 rings (SSSR count). The van der Waals surface area contributed by atoms with Gasteiger partial charge in [0, 0.05) is 18.6 Å². The lowest BCUT2D eigenvalue weighted by Gasteiger charge is -2.36. The zero-order chi connectivity index (χ0) is 15.2. The van der Waals surface area contributed by atoms with Crippen molar-refractivity contribution in [2.45, 2.75) is 51.1 Å². The van der Waals surface area contributed by atoms with Crippen molar-refractivity contribution in [1.82, 2.24) is 10.2 Å². The zero-order valence-electron chi connectivity index (χ0n) is 13.0. The Morgan fingerprint density at radius 1 is 1.33 bits per heavy atom. The van der Waals surface area contributed by atoms with E-state index in [0.717, 1.165) is 24.6 Å². The maximum atomic E-state index is 6.36. The Labute approximate surface area is 138 Å². The molecule has 1 aromatic carbocycles. The van der Waals surface area contributed by atoms with Gasteiger partial charge in [-0.1, -0.05) is 48.7 Å². The van der Waals surface area contributed by atoms with Crippen LogP contribution >= 0.6 is 23.2 Å². The number of piperidine rings is 1. The van der Waals surface area contributed by atoms with Crippen LogP contribution in [0.3, 0.4) is 0 Å². The van der Waals surface area contributed by atoms with Crippen LogP contribution in [-0.2, 0) is 0 Å². The number of hydrogen-bond donors (Lipinski definition) is 1. The molecular formula is C17H26Cl2N2. The molecule has 2 atom stereocenters. The van der Waals surface area contributed by atoms with Gasteiger partial charge in [-0.15, -0.1) is 0 Å². The Balaban J connectivity index is 2.00. The predicted molar refractivity (Wildman–Crippen MR) is 92.4 cm³/mol. The normalized spacial score (nSPS) is 21.4. The molecule has 1 aromatic rings. The fourth-order valence-corrected chi connectivity index (χ4v) is 3.80. The van der Waals surface area contributed by atoms with E-state index in [1.54, 1.807) is 0 Å². The maximum Gasteiger partial charge on any atom is 0.0640 e. The van der Waals surface area contributed by atoms with Crippen LogP contribution in [0.25, 0.3) is 0 Å². The summed E-state index contributed by atoms with van der Waals surface area (Å²) in [6.45, 7) is 4.65. The first kappa shape index (κ1) is 17.1. The molecule has 0 saturated carbocycles. The van der Waals surface area contributed by atoms with Crippen LogP contribution in [0, 0.1) is 0 Å². The van der Waals surface area contributed by atoms with Gasteiger partial charge in [-0.05, 0) is 50.9 Å². The standard InChI is InChI=1S/C17H26Cl2N2/c1-3-13-7-4-5-11-21(13)12-10-16(20-2)14-8-6-9-15(18)17(14)19/h6,8-9,13,16,20H,3-5,7,10-12H2,1-2H3. The molecule has 118 valence electrons. The van der Waals surface area contributed by atoms with Gasteiger partial charge in [-0.2, -0.15) is 0 Å². The summed E-state index contributed by atoms with van der Waals surface area (Å²) in [5.74, 6) is 0. The molecule has 0 radical (unpaired) electrons. The molecular weight excluding hydrogens is 303 g/mol. The number of likely N-dealkylation sites (tertiary alicyclic amines) is 1. The van der Waals surface area contributed by atoms with Crippen molar-refractivity contribution in [2.75, 3.05) is 20.1 Å². The van der Waals surface area contributed by atoms with Crippen molar-refractivity contribution >= 4 is 23.2 Å². The van der Waals surface area contributed by atoms with E-state index in [0.29, 0.717) is 10.0 Å². The molecule has 1 aliphatic rings. The number of nitrogens with zero attached hydrogens (tertiary/aromatic N) is 1. The molecule has 0 bridgehead atoms. The molecule has 0 aromatic heterocycles. The van der Waals surface area contributed by atoms with E-state index in [1.807, 2.05) is 19.2 Å². The van der Waals surface area contributed by atoms with E-state index < -0.39 is 0 Å². The van der Waals surface area contributed by atoms with Crippen LogP contribution in [0.1, 0.15) is 50.6 Å². The summed E-state index contributed by atoms with van der Waals surface area (Å²) in [5, 5.41) is 4.71. The van der Waals surface area contributed by atoms with Crippen LogP contribution in [0.15, 0.2) is 18.2 Å². The third kappa shape index (κ3) is 4.35. The Morgan fingerprint density at radius 3 is 2.86 bits per heavy atom. The summed E-state index contributed by atoms with van der Waals surface area (Å²) in [7, 11) is 2.00. The number of halogens is 2. The van der Waals surface area contributed by atoms with Gasteiger partial charge in [-0.3, -0.25) is 0 Å². The molecule has 1 fully saturated rings. The summed E-state index contributed by atoms with van der Waals surface area (Å²) >= 11 is 12.5. The highest BCUT2D eigenvalue weighted by molar-refractivity contribution is 6.42. The maximum absolute atomic E-state index is 6.36. The van der Waals surface area contributed by atoms with Gasteiger partial charge in [0.05, 0.1) is 10.0 Å². The first-order valence-electron chi connectivity index (χ1n) is 8.02. The van der Waals surface area contributed by atoms with E-state index in [1.165, 1.54) is 32.2 Å². The minimum Gasteiger partial charge on any atom is -0.313 e. The van der Waals surface area contributed by atoms with Gasteiger partial charge < -0.3 is 10.2 Å². The minimum atomic E-state index is 0.260. The van der Waals surface area contributed by atoms with Crippen LogP contribution in [-0.4, -0.2) is 31.1 Å². The van der Waals surface area contributed by atoms with E-state index in [4.69, 9.17) is 23.2 Å². The average molecular weight is 329 g/mol. The lowest BCUT2D eigenvalue weighted by Crippen LogP contribution is -2.40. The van der Waals surface area contributed by atoms with Crippen molar-refractivity contribution in [3.8, 4) is 0 Å². The Morgan fingerprint density at radius 2 is 2.14 bits per heavy atom. The van der Waals surface area contributed by atoms with Crippen LogP contribution in [0.4, 0.5) is 0 Å². The molecule has 2 nitrogen and oxygen atoms in total. The zero-order valence-corrected chi connectivity index (χ0v) is 14.6. The summed E-state index contributed by atoms with van der Waals surface area (Å²) in [4.78, 5) is 2.65. The summed E-state index contributed by atoms with van der Waals surface area (Å²) < 4.78 is 0. The summed E-state index contributed by atoms with van der Waals surface area (Å²) in [6.07, 6.45) is 6.37. The first-order valence-corrected chi connectivity index (χ1v) is 8.78. The molecule has 21 heavy (non-hydrogen) atoms. The first-order chi connectivity index (χ1) is 10.2. The third-order valence-electron chi connectivity index (χ3n) is 4.63.